The van der Waals surface area contributed by atoms with Crippen molar-refractivity contribution in [3.05, 3.63) is 35.7 Å². The molecule has 0 bridgehead atoms. The highest BCUT2D eigenvalue weighted by atomic mass is 16.5. The fourth-order valence-electron chi connectivity index (χ4n) is 3.39. The van der Waals surface area contributed by atoms with Crippen LogP contribution in [0.15, 0.2) is 28.8 Å². The van der Waals surface area contributed by atoms with E-state index in [1.807, 2.05) is 6.92 Å². The van der Waals surface area contributed by atoms with Crippen molar-refractivity contribution >= 4 is 11.9 Å². The van der Waals surface area contributed by atoms with Gasteiger partial charge in [-0.15, -0.1) is 0 Å². The Balaban J connectivity index is 1.65. The normalized spacial score (nSPS) is 17.3. The summed E-state index contributed by atoms with van der Waals surface area (Å²) in [5, 5.41) is 4.04. The Labute approximate surface area is 163 Å². The van der Waals surface area contributed by atoms with E-state index in [9.17, 15) is 9.59 Å². The van der Waals surface area contributed by atoms with Crippen molar-refractivity contribution in [2.24, 2.45) is 0 Å². The number of nitrogens with zero attached hydrogens (tertiary/aromatic N) is 3. The molecule has 0 spiro atoms. The second kappa shape index (κ2) is 9.45. The van der Waals surface area contributed by atoms with Crippen molar-refractivity contribution in [3.8, 4) is 11.4 Å². The van der Waals surface area contributed by atoms with Gasteiger partial charge >= 0.3 is 11.9 Å². The van der Waals surface area contributed by atoms with Crippen LogP contribution in [0, 0.1) is 0 Å². The van der Waals surface area contributed by atoms with Crippen LogP contribution in [0.25, 0.3) is 11.4 Å². The standard InChI is InChI=1S/C20H25N3O5/c1-3-27-18(24)12-16-6-4-5-11-23(16)13-17-21-19(22-28-17)14-7-9-15(10-8-14)20(25)26-2/h7-10,16H,3-6,11-13H2,1-2H3/t16-/m1/s1. The molecule has 0 N–H and O–H groups in total. The van der Waals surface area contributed by atoms with Crippen LogP contribution in [0.3, 0.4) is 0 Å². The minimum absolute atomic E-state index is 0.127. The van der Waals surface area contributed by atoms with E-state index in [2.05, 4.69) is 15.0 Å². The van der Waals surface area contributed by atoms with Gasteiger partial charge in [0, 0.05) is 11.6 Å². The molecule has 8 heteroatoms. The van der Waals surface area contributed by atoms with Crippen LogP contribution in [-0.2, 0) is 20.8 Å². The number of esters is 2. The van der Waals surface area contributed by atoms with E-state index in [4.69, 9.17) is 14.0 Å². The molecule has 0 radical (unpaired) electrons. The van der Waals surface area contributed by atoms with E-state index in [1.165, 1.54) is 7.11 Å². The molecule has 1 fully saturated rings. The number of aromatic nitrogens is 2. The summed E-state index contributed by atoms with van der Waals surface area (Å²) in [6.07, 6.45) is 3.51. The second-order valence-electron chi connectivity index (χ2n) is 6.71. The van der Waals surface area contributed by atoms with Crippen molar-refractivity contribution in [1.29, 1.82) is 0 Å². The van der Waals surface area contributed by atoms with E-state index in [0.717, 1.165) is 31.4 Å². The maximum atomic E-state index is 11.9. The number of carbonyl (C=O) groups is 2. The molecule has 3 rings (SSSR count). The Morgan fingerprint density at radius 2 is 2.04 bits per heavy atom. The van der Waals surface area contributed by atoms with Crippen molar-refractivity contribution < 1.29 is 23.6 Å². The second-order valence-corrected chi connectivity index (χ2v) is 6.71. The highest BCUT2D eigenvalue weighted by molar-refractivity contribution is 5.89. The lowest BCUT2D eigenvalue weighted by Crippen LogP contribution is -2.40. The number of hydrogen-bond donors (Lipinski definition) is 0. The molecule has 150 valence electrons. The zero-order chi connectivity index (χ0) is 19.9. The molecule has 0 aliphatic carbocycles. The number of rotatable bonds is 7. The highest BCUT2D eigenvalue weighted by Gasteiger charge is 2.27. The van der Waals surface area contributed by atoms with Crippen molar-refractivity contribution in [3.63, 3.8) is 0 Å². The van der Waals surface area contributed by atoms with Gasteiger partial charge in [0.05, 0.1) is 32.2 Å². The fourth-order valence-corrected chi connectivity index (χ4v) is 3.39. The third-order valence-electron chi connectivity index (χ3n) is 4.83. The molecule has 2 heterocycles. The highest BCUT2D eigenvalue weighted by Crippen LogP contribution is 2.23. The number of carbonyl (C=O) groups excluding carboxylic acids is 2. The van der Waals surface area contributed by atoms with Gasteiger partial charge in [-0.1, -0.05) is 23.7 Å². The van der Waals surface area contributed by atoms with Crippen LogP contribution in [0.5, 0.6) is 0 Å². The zero-order valence-electron chi connectivity index (χ0n) is 16.2. The summed E-state index contributed by atoms with van der Waals surface area (Å²) in [4.78, 5) is 30.1. The number of hydrogen-bond acceptors (Lipinski definition) is 8. The van der Waals surface area contributed by atoms with Gasteiger partial charge in [-0.05, 0) is 38.4 Å². The summed E-state index contributed by atoms with van der Waals surface area (Å²) < 4.78 is 15.2. The van der Waals surface area contributed by atoms with E-state index in [1.54, 1.807) is 24.3 Å². The first-order valence-electron chi connectivity index (χ1n) is 9.51. The Hall–Kier alpha value is -2.74. The van der Waals surface area contributed by atoms with Crippen LogP contribution in [-0.4, -0.2) is 53.3 Å². The van der Waals surface area contributed by atoms with E-state index in [-0.39, 0.29) is 12.0 Å². The topological polar surface area (TPSA) is 94.8 Å². The minimum atomic E-state index is -0.391. The minimum Gasteiger partial charge on any atom is -0.466 e. The summed E-state index contributed by atoms with van der Waals surface area (Å²) in [7, 11) is 1.34. The maximum absolute atomic E-state index is 11.9. The third-order valence-corrected chi connectivity index (χ3v) is 4.83. The predicted octanol–water partition coefficient (Wildman–Crippen LogP) is 2.83. The molecular weight excluding hydrogens is 362 g/mol. The summed E-state index contributed by atoms with van der Waals surface area (Å²) in [5.41, 5.74) is 1.22. The number of piperidine rings is 1. The van der Waals surface area contributed by atoms with Gasteiger partial charge < -0.3 is 14.0 Å². The first-order chi connectivity index (χ1) is 13.6. The Morgan fingerprint density at radius 3 is 2.75 bits per heavy atom. The Morgan fingerprint density at radius 1 is 1.25 bits per heavy atom. The molecule has 0 unspecified atom stereocenters. The summed E-state index contributed by atoms with van der Waals surface area (Å²) in [6.45, 7) is 3.59. The first-order valence-corrected chi connectivity index (χ1v) is 9.51. The molecule has 1 saturated heterocycles. The van der Waals surface area contributed by atoms with Crippen LogP contribution in [0.2, 0.25) is 0 Å². The van der Waals surface area contributed by atoms with Gasteiger partial charge in [0.15, 0.2) is 0 Å². The van der Waals surface area contributed by atoms with Crippen molar-refractivity contribution in [1.82, 2.24) is 15.0 Å². The molecule has 0 saturated carbocycles. The summed E-state index contributed by atoms with van der Waals surface area (Å²) in [5.74, 6) is 0.405. The average molecular weight is 387 g/mol. The molecule has 1 aromatic carbocycles. The molecule has 1 atom stereocenters. The van der Waals surface area contributed by atoms with E-state index < -0.39 is 5.97 Å². The van der Waals surface area contributed by atoms with Gasteiger partial charge in [-0.2, -0.15) is 4.98 Å². The number of methoxy groups -OCH3 is 1. The average Bonchev–Trinajstić information content (AvgIpc) is 3.18. The third kappa shape index (κ3) is 4.95. The van der Waals surface area contributed by atoms with Crippen LogP contribution < -0.4 is 0 Å². The van der Waals surface area contributed by atoms with Gasteiger partial charge in [0.2, 0.25) is 11.7 Å². The van der Waals surface area contributed by atoms with E-state index >= 15 is 0 Å². The van der Waals surface area contributed by atoms with Crippen LogP contribution in [0.1, 0.15) is 48.9 Å². The zero-order valence-corrected chi connectivity index (χ0v) is 16.2. The van der Waals surface area contributed by atoms with Crippen molar-refractivity contribution in [2.75, 3.05) is 20.3 Å². The maximum Gasteiger partial charge on any atom is 0.337 e. The molecule has 1 aliphatic heterocycles. The lowest BCUT2D eigenvalue weighted by atomic mass is 9.99. The van der Waals surface area contributed by atoms with Crippen LogP contribution >= 0.6 is 0 Å². The first kappa shape index (κ1) is 20.0. The monoisotopic (exact) mass is 387 g/mol. The molecule has 8 nitrogen and oxygen atoms in total. The number of ether oxygens (including phenoxy) is 2. The Bertz CT molecular complexity index is 802. The number of likely N-dealkylation sites (tertiary alicyclic amines) is 1. The molecule has 2 aromatic rings. The SMILES string of the molecule is CCOC(=O)C[C@H]1CCCCN1Cc1nc(-c2ccc(C(=O)OC)cc2)no1. The van der Waals surface area contributed by atoms with Crippen LogP contribution in [0.4, 0.5) is 0 Å². The smallest absolute Gasteiger partial charge is 0.337 e. The molecule has 28 heavy (non-hydrogen) atoms. The van der Waals surface area contributed by atoms with Gasteiger partial charge in [0.1, 0.15) is 0 Å². The lowest BCUT2D eigenvalue weighted by Gasteiger charge is -2.34. The lowest BCUT2D eigenvalue weighted by molar-refractivity contribution is -0.145. The van der Waals surface area contributed by atoms with Gasteiger partial charge in [-0.25, -0.2) is 4.79 Å². The summed E-state index contributed by atoms with van der Waals surface area (Å²) >= 11 is 0. The number of benzene rings is 1. The quantitative estimate of drug-likeness (QED) is 0.670. The van der Waals surface area contributed by atoms with Gasteiger partial charge in [-0.3, -0.25) is 9.69 Å². The fraction of sp³-hybridized carbons (Fsp3) is 0.500. The molecule has 0 amide bonds. The predicted molar refractivity (Wildman–Crippen MR) is 100 cm³/mol. The molecule has 1 aliphatic rings. The van der Waals surface area contributed by atoms with Crippen molar-refractivity contribution in [2.45, 2.75) is 45.2 Å². The molecule has 1 aromatic heterocycles. The largest absolute Gasteiger partial charge is 0.466 e. The van der Waals surface area contributed by atoms with Gasteiger partial charge in [0.25, 0.3) is 0 Å². The Kier molecular flexibility index (Phi) is 6.76. The van der Waals surface area contributed by atoms with E-state index in [0.29, 0.717) is 36.9 Å². The molecular formula is C20H25N3O5. The summed E-state index contributed by atoms with van der Waals surface area (Å²) in [6, 6.07) is 6.97.